The summed E-state index contributed by atoms with van der Waals surface area (Å²) in [5, 5.41) is 16.9. The summed E-state index contributed by atoms with van der Waals surface area (Å²) in [5.74, 6) is -3.67. The van der Waals surface area contributed by atoms with E-state index < -0.39 is 18.1 Å². The number of hydrogen-bond acceptors (Lipinski definition) is 4. The Morgan fingerprint density at radius 2 is 1.25 bits per heavy atom. The number of carbonyl (C=O) groups is 2. The zero-order valence-corrected chi connectivity index (χ0v) is 20.1. The van der Waals surface area contributed by atoms with E-state index in [1.54, 1.807) is 19.2 Å². The average Bonchev–Trinajstić information content (AvgIpc) is 2.84. The first-order valence-electron chi connectivity index (χ1n) is 10.7. The fourth-order valence-electron chi connectivity index (χ4n) is 3.15. The molecule has 192 valence electrons. The van der Waals surface area contributed by atoms with Crippen molar-refractivity contribution in [1.29, 1.82) is 0 Å². The van der Waals surface area contributed by atoms with Crippen LogP contribution in [-0.2, 0) is 22.6 Å². The minimum atomic E-state index is -5.08. The number of aliphatic carboxylic acids is 1. The summed E-state index contributed by atoms with van der Waals surface area (Å²) in [6.45, 7) is 3.13. The lowest BCUT2D eigenvalue weighted by atomic mass is 10.0. The number of aromatic carboxylic acids is 1. The maximum absolute atomic E-state index is 11.0. The van der Waals surface area contributed by atoms with Gasteiger partial charge >= 0.3 is 18.1 Å². The third-order valence-corrected chi connectivity index (χ3v) is 5.25. The maximum atomic E-state index is 11.0. The summed E-state index contributed by atoms with van der Waals surface area (Å²) in [5.41, 5.74) is 4.77. The fourth-order valence-corrected chi connectivity index (χ4v) is 3.27. The predicted molar refractivity (Wildman–Crippen MR) is 130 cm³/mol. The number of methoxy groups -OCH3 is 1. The molecule has 0 aliphatic rings. The Morgan fingerprint density at radius 1 is 0.833 bits per heavy atom. The van der Waals surface area contributed by atoms with Crippen LogP contribution in [0.25, 0.3) is 11.1 Å². The van der Waals surface area contributed by atoms with Crippen molar-refractivity contribution >= 4 is 23.5 Å². The van der Waals surface area contributed by atoms with Gasteiger partial charge in [-0.3, -0.25) is 4.90 Å². The van der Waals surface area contributed by atoms with E-state index in [1.807, 2.05) is 36.4 Å². The topological polar surface area (TPSA) is 87.1 Å². The highest BCUT2D eigenvalue weighted by Crippen LogP contribution is 2.21. The maximum Gasteiger partial charge on any atom is 0.490 e. The van der Waals surface area contributed by atoms with Gasteiger partial charge in [-0.2, -0.15) is 13.2 Å². The van der Waals surface area contributed by atoms with Crippen molar-refractivity contribution in [1.82, 2.24) is 4.90 Å². The zero-order chi connectivity index (χ0) is 26.7. The first kappa shape index (κ1) is 28.8. The fraction of sp³-hybridized carbons (Fsp3) is 0.231. The quantitative estimate of drug-likeness (QED) is 0.358. The van der Waals surface area contributed by atoms with Crippen molar-refractivity contribution in [3.05, 3.63) is 94.5 Å². The molecule has 0 fully saturated rings. The number of nitrogens with zero attached hydrogens (tertiary/aromatic N) is 1. The molecule has 0 bridgehead atoms. The van der Waals surface area contributed by atoms with Crippen LogP contribution in [0.2, 0.25) is 5.02 Å². The Morgan fingerprint density at radius 3 is 1.64 bits per heavy atom. The molecule has 0 aromatic heterocycles. The van der Waals surface area contributed by atoms with Crippen molar-refractivity contribution in [2.24, 2.45) is 0 Å². The Balaban J connectivity index is 0.000000572. The Labute approximate surface area is 211 Å². The molecule has 36 heavy (non-hydrogen) atoms. The van der Waals surface area contributed by atoms with E-state index >= 15 is 0 Å². The van der Waals surface area contributed by atoms with Crippen LogP contribution in [0, 0.1) is 0 Å². The highest BCUT2D eigenvalue weighted by molar-refractivity contribution is 6.30. The lowest BCUT2D eigenvalue weighted by Crippen LogP contribution is -2.26. The van der Waals surface area contributed by atoms with Crippen LogP contribution in [0.3, 0.4) is 0 Å². The number of alkyl halides is 3. The van der Waals surface area contributed by atoms with Gasteiger partial charge in [0.2, 0.25) is 0 Å². The molecule has 0 heterocycles. The summed E-state index contributed by atoms with van der Waals surface area (Å²) >= 11 is 5.99. The Bertz CT molecular complexity index is 1120. The zero-order valence-electron chi connectivity index (χ0n) is 19.3. The van der Waals surface area contributed by atoms with Gasteiger partial charge in [0, 0.05) is 31.8 Å². The highest BCUT2D eigenvalue weighted by Gasteiger charge is 2.38. The van der Waals surface area contributed by atoms with E-state index in [-0.39, 0.29) is 0 Å². The van der Waals surface area contributed by atoms with E-state index in [0.717, 1.165) is 35.8 Å². The van der Waals surface area contributed by atoms with Gasteiger partial charge in [0.1, 0.15) is 0 Å². The van der Waals surface area contributed by atoms with Crippen molar-refractivity contribution in [2.45, 2.75) is 19.3 Å². The molecule has 0 aliphatic heterocycles. The van der Waals surface area contributed by atoms with Gasteiger partial charge in [-0.05, 0) is 46.5 Å². The molecule has 0 unspecified atom stereocenters. The first-order valence-corrected chi connectivity index (χ1v) is 11.1. The van der Waals surface area contributed by atoms with Gasteiger partial charge in [0.05, 0.1) is 12.2 Å². The molecule has 0 saturated heterocycles. The predicted octanol–water partition coefficient (Wildman–Crippen LogP) is 5.99. The summed E-state index contributed by atoms with van der Waals surface area (Å²) in [6.07, 6.45) is -5.08. The van der Waals surface area contributed by atoms with E-state index in [4.69, 9.17) is 31.3 Å². The number of hydrogen-bond donors (Lipinski definition) is 2. The van der Waals surface area contributed by atoms with Crippen molar-refractivity contribution in [2.75, 3.05) is 20.3 Å². The largest absolute Gasteiger partial charge is 0.490 e. The van der Waals surface area contributed by atoms with Crippen LogP contribution < -0.4 is 0 Å². The van der Waals surface area contributed by atoms with Crippen molar-refractivity contribution in [3.63, 3.8) is 0 Å². The molecule has 3 aromatic carbocycles. The van der Waals surface area contributed by atoms with E-state index in [0.29, 0.717) is 12.2 Å². The second-order valence-electron chi connectivity index (χ2n) is 7.71. The van der Waals surface area contributed by atoms with Crippen LogP contribution in [0.5, 0.6) is 0 Å². The van der Waals surface area contributed by atoms with Crippen LogP contribution in [0.1, 0.15) is 21.5 Å². The van der Waals surface area contributed by atoms with Gasteiger partial charge in [0.25, 0.3) is 0 Å². The Hall–Kier alpha value is -3.40. The van der Waals surface area contributed by atoms with Gasteiger partial charge in [-0.25, -0.2) is 9.59 Å². The molecule has 0 atom stereocenters. The molecule has 0 radical (unpaired) electrons. The van der Waals surface area contributed by atoms with E-state index in [1.165, 1.54) is 11.1 Å². The summed E-state index contributed by atoms with van der Waals surface area (Å²) in [6, 6.07) is 23.2. The Kier molecular flexibility index (Phi) is 10.9. The summed E-state index contributed by atoms with van der Waals surface area (Å²) in [4.78, 5) is 22.2. The molecular weight excluding hydrogens is 499 g/mol. The number of carboxylic acids is 2. The minimum Gasteiger partial charge on any atom is -0.478 e. The molecule has 6 nitrogen and oxygen atoms in total. The smallest absolute Gasteiger partial charge is 0.478 e. The molecule has 10 heteroatoms. The first-order chi connectivity index (χ1) is 17.0. The molecular formula is C26H25ClF3NO5. The number of ether oxygens (including phenoxy) is 1. The standard InChI is InChI=1S/C24H24ClNO3.C2HF3O2/c1-29-15-14-26(17-19-4-12-23(25)13-5-19)16-18-2-6-20(7-3-18)21-8-10-22(11-9-21)24(27)28;3-2(4,5)1(6)7/h2-13H,14-17H2,1H3,(H,27,28);(H,6,7). The lowest BCUT2D eigenvalue weighted by Gasteiger charge is -2.22. The normalized spacial score (nSPS) is 11.1. The number of rotatable bonds is 9. The summed E-state index contributed by atoms with van der Waals surface area (Å²) < 4.78 is 37.0. The number of benzene rings is 3. The molecule has 0 aliphatic carbocycles. The monoisotopic (exact) mass is 523 g/mol. The van der Waals surface area contributed by atoms with Crippen molar-refractivity contribution in [3.8, 4) is 11.1 Å². The molecule has 0 saturated carbocycles. The third kappa shape index (κ3) is 9.69. The van der Waals surface area contributed by atoms with Gasteiger partial charge < -0.3 is 14.9 Å². The highest BCUT2D eigenvalue weighted by atomic mass is 35.5. The second-order valence-corrected chi connectivity index (χ2v) is 8.15. The van der Waals surface area contributed by atoms with Crippen LogP contribution in [-0.4, -0.2) is 53.5 Å². The molecule has 3 rings (SSSR count). The molecule has 3 aromatic rings. The van der Waals surface area contributed by atoms with Crippen molar-refractivity contribution < 1.29 is 37.7 Å². The van der Waals surface area contributed by atoms with Gasteiger partial charge in [-0.1, -0.05) is 60.1 Å². The molecule has 0 amide bonds. The van der Waals surface area contributed by atoms with Crippen LogP contribution in [0.15, 0.2) is 72.8 Å². The molecule has 0 spiro atoms. The second kappa shape index (κ2) is 13.6. The third-order valence-electron chi connectivity index (χ3n) is 5.00. The van der Waals surface area contributed by atoms with E-state index in [2.05, 4.69) is 29.2 Å². The molecule has 2 N–H and O–H groups in total. The minimum absolute atomic E-state index is 0.293. The number of carboxylic acid groups (broad SMARTS) is 2. The van der Waals surface area contributed by atoms with Gasteiger partial charge in [-0.15, -0.1) is 0 Å². The van der Waals surface area contributed by atoms with Crippen LogP contribution >= 0.6 is 11.6 Å². The SMILES string of the molecule is COCCN(Cc1ccc(Cl)cc1)Cc1ccc(-c2ccc(C(=O)O)cc2)cc1.O=C(O)C(F)(F)F. The van der Waals surface area contributed by atoms with E-state index in [9.17, 15) is 18.0 Å². The number of halogens is 4. The average molecular weight is 524 g/mol. The van der Waals surface area contributed by atoms with Gasteiger partial charge in [0.15, 0.2) is 0 Å². The van der Waals surface area contributed by atoms with Crippen LogP contribution in [0.4, 0.5) is 13.2 Å². The summed E-state index contributed by atoms with van der Waals surface area (Å²) in [7, 11) is 1.71. The lowest BCUT2D eigenvalue weighted by molar-refractivity contribution is -0.192.